The molecule has 0 saturated heterocycles. The molecule has 1 unspecified atom stereocenters. The number of amides is 3. The number of thioether (sulfide) groups is 1. The molecular weight excluding hydrogens is 609 g/mol. The lowest BCUT2D eigenvalue weighted by Gasteiger charge is -2.14. The van der Waals surface area contributed by atoms with Crippen molar-refractivity contribution in [3.05, 3.63) is 150 Å². The van der Waals surface area contributed by atoms with Crippen LogP contribution in [-0.4, -0.2) is 28.0 Å². The van der Waals surface area contributed by atoms with Crippen LogP contribution in [0.15, 0.2) is 148 Å². The number of oxazole rings is 1. The Kier molecular flexibility index (Phi) is 9.55. The van der Waals surface area contributed by atoms with Gasteiger partial charge >= 0.3 is 0 Å². The highest BCUT2D eigenvalue weighted by Gasteiger charge is 2.17. The van der Waals surface area contributed by atoms with Crippen LogP contribution >= 0.6 is 11.8 Å². The molecule has 3 N–H and O–H groups in total. The summed E-state index contributed by atoms with van der Waals surface area (Å²) in [5.74, 6) is -0.477. The van der Waals surface area contributed by atoms with Gasteiger partial charge in [0.1, 0.15) is 11.2 Å². The van der Waals surface area contributed by atoms with Crippen molar-refractivity contribution in [1.29, 1.82) is 0 Å². The van der Waals surface area contributed by atoms with E-state index in [0.29, 0.717) is 22.8 Å². The molecule has 0 aliphatic heterocycles. The minimum Gasteiger partial charge on any atom is -0.436 e. The summed E-state index contributed by atoms with van der Waals surface area (Å²) in [5, 5.41) is 8.17. The van der Waals surface area contributed by atoms with Crippen LogP contribution in [0.25, 0.3) is 28.6 Å². The SMILES string of the molecule is CC(Sc1ccc(NC(=O)/C(=C/c2ccccc2)NC(=O)c2ccccc2)cc1)C(=O)Nc1ccc(-c2nc3ccccc3o2)cc1. The topological polar surface area (TPSA) is 113 Å². The summed E-state index contributed by atoms with van der Waals surface area (Å²) in [7, 11) is 0. The van der Waals surface area contributed by atoms with Crippen molar-refractivity contribution in [2.45, 2.75) is 17.1 Å². The van der Waals surface area contributed by atoms with Gasteiger partial charge in [-0.1, -0.05) is 60.7 Å². The minimum absolute atomic E-state index is 0.107. The molecule has 3 amide bonds. The van der Waals surface area contributed by atoms with Gasteiger partial charge in [0.15, 0.2) is 5.58 Å². The molecule has 1 heterocycles. The number of para-hydroxylation sites is 2. The molecule has 8 nitrogen and oxygen atoms in total. The van der Waals surface area contributed by atoms with E-state index in [1.54, 1.807) is 42.5 Å². The molecule has 47 heavy (non-hydrogen) atoms. The average molecular weight is 639 g/mol. The van der Waals surface area contributed by atoms with Gasteiger partial charge in [0, 0.05) is 27.4 Å². The number of hydrogen-bond donors (Lipinski definition) is 3. The van der Waals surface area contributed by atoms with Crippen LogP contribution in [0.4, 0.5) is 11.4 Å². The van der Waals surface area contributed by atoms with Crippen LogP contribution in [0.5, 0.6) is 0 Å². The van der Waals surface area contributed by atoms with Crippen molar-refractivity contribution >= 4 is 58.0 Å². The molecule has 232 valence electrons. The molecule has 0 fully saturated rings. The van der Waals surface area contributed by atoms with Gasteiger partial charge in [-0.2, -0.15) is 0 Å². The number of hydrogen-bond acceptors (Lipinski definition) is 6. The Morgan fingerprint density at radius 1 is 0.723 bits per heavy atom. The van der Waals surface area contributed by atoms with Gasteiger partial charge in [-0.15, -0.1) is 11.8 Å². The van der Waals surface area contributed by atoms with E-state index >= 15 is 0 Å². The van der Waals surface area contributed by atoms with Crippen molar-refractivity contribution in [3.8, 4) is 11.5 Å². The first kappa shape index (κ1) is 31.1. The molecule has 0 spiro atoms. The Balaban J connectivity index is 1.06. The van der Waals surface area contributed by atoms with Gasteiger partial charge in [-0.25, -0.2) is 4.98 Å². The summed E-state index contributed by atoms with van der Waals surface area (Å²) < 4.78 is 5.83. The standard InChI is InChI=1S/C38H30N4O4S/c1-25(35(43)39-29-18-16-28(17-19-29)38-42-32-14-8-9-15-34(32)46-38)47-31-22-20-30(21-23-31)40-37(45)33(24-26-10-4-2-5-11-26)41-36(44)27-12-6-3-7-13-27/h2-25H,1H3,(H,39,43)(H,40,45)(H,41,44)/b33-24-. The Morgan fingerprint density at radius 2 is 1.34 bits per heavy atom. The summed E-state index contributed by atoms with van der Waals surface area (Å²) in [5.41, 5.74) is 4.85. The highest BCUT2D eigenvalue weighted by molar-refractivity contribution is 8.00. The van der Waals surface area contributed by atoms with Gasteiger partial charge in [0.2, 0.25) is 11.8 Å². The van der Waals surface area contributed by atoms with E-state index in [1.165, 1.54) is 11.8 Å². The van der Waals surface area contributed by atoms with Crippen molar-refractivity contribution < 1.29 is 18.8 Å². The molecule has 5 aromatic carbocycles. The second kappa shape index (κ2) is 14.4. The number of benzene rings is 5. The van der Waals surface area contributed by atoms with Gasteiger partial charge in [0.25, 0.3) is 11.8 Å². The number of carbonyl (C=O) groups excluding carboxylic acids is 3. The second-order valence-corrected chi connectivity index (χ2v) is 12.0. The third-order valence-electron chi connectivity index (χ3n) is 7.13. The first-order valence-corrected chi connectivity index (χ1v) is 15.8. The van der Waals surface area contributed by atoms with Crippen molar-refractivity contribution in [3.63, 3.8) is 0 Å². The summed E-state index contributed by atoms with van der Waals surface area (Å²) in [4.78, 5) is 44.5. The van der Waals surface area contributed by atoms with E-state index < -0.39 is 5.91 Å². The van der Waals surface area contributed by atoms with E-state index in [0.717, 1.165) is 27.1 Å². The zero-order chi connectivity index (χ0) is 32.6. The van der Waals surface area contributed by atoms with E-state index in [9.17, 15) is 14.4 Å². The minimum atomic E-state index is -0.464. The number of aromatic nitrogens is 1. The fraction of sp³-hybridized carbons (Fsp3) is 0.0526. The molecule has 0 saturated carbocycles. The summed E-state index contributed by atoms with van der Waals surface area (Å²) in [6.07, 6.45) is 1.63. The smallest absolute Gasteiger partial charge is 0.272 e. The van der Waals surface area contributed by atoms with E-state index in [4.69, 9.17) is 4.42 Å². The number of fused-ring (bicyclic) bond motifs is 1. The lowest BCUT2D eigenvalue weighted by Crippen LogP contribution is -2.30. The van der Waals surface area contributed by atoms with Gasteiger partial charge in [-0.05, 0) is 91.4 Å². The summed E-state index contributed by atoms with van der Waals surface area (Å²) in [6, 6.07) is 40.1. The maximum atomic E-state index is 13.3. The molecule has 9 heteroatoms. The van der Waals surface area contributed by atoms with Crippen LogP contribution in [0, 0.1) is 0 Å². The molecule has 1 atom stereocenters. The molecule has 6 rings (SSSR count). The lowest BCUT2D eigenvalue weighted by molar-refractivity contribution is -0.115. The van der Waals surface area contributed by atoms with Crippen molar-refractivity contribution in [2.24, 2.45) is 0 Å². The number of nitrogens with one attached hydrogen (secondary N) is 3. The van der Waals surface area contributed by atoms with Gasteiger partial charge < -0.3 is 20.4 Å². The summed E-state index contributed by atoms with van der Waals surface area (Å²) in [6.45, 7) is 1.83. The normalized spacial score (nSPS) is 11.9. The van der Waals surface area contributed by atoms with E-state index in [-0.39, 0.29) is 22.8 Å². The first-order chi connectivity index (χ1) is 22.9. The fourth-order valence-electron chi connectivity index (χ4n) is 4.67. The Hall–Kier alpha value is -5.93. The lowest BCUT2D eigenvalue weighted by atomic mass is 10.1. The fourth-order valence-corrected chi connectivity index (χ4v) is 5.53. The third-order valence-corrected chi connectivity index (χ3v) is 8.24. The monoisotopic (exact) mass is 638 g/mol. The van der Waals surface area contributed by atoms with Crippen molar-refractivity contribution in [1.82, 2.24) is 10.3 Å². The zero-order valence-corrected chi connectivity index (χ0v) is 26.2. The van der Waals surface area contributed by atoms with Gasteiger partial charge in [0.05, 0.1) is 5.25 Å². The number of carbonyl (C=O) groups is 3. The molecule has 6 aromatic rings. The molecule has 0 bridgehead atoms. The number of rotatable bonds is 10. The van der Waals surface area contributed by atoms with Crippen molar-refractivity contribution in [2.75, 3.05) is 10.6 Å². The maximum Gasteiger partial charge on any atom is 0.272 e. The number of anilines is 2. The molecule has 0 radical (unpaired) electrons. The van der Waals surface area contributed by atoms with E-state index in [1.807, 2.05) is 104 Å². The molecule has 1 aromatic heterocycles. The Labute approximate surface area is 275 Å². The predicted molar refractivity (Wildman–Crippen MR) is 187 cm³/mol. The number of nitrogens with zero attached hydrogens (tertiary/aromatic N) is 1. The van der Waals surface area contributed by atoms with E-state index in [2.05, 4.69) is 20.9 Å². The quantitative estimate of drug-likeness (QED) is 0.103. The Morgan fingerprint density at radius 3 is 2.04 bits per heavy atom. The Bertz CT molecular complexity index is 2010. The zero-order valence-electron chi connectivity index (χ0n) is 25.3. The van der Waals surface area contributed by atoms with Gasteiger partial charge in [-0.3, -0.25) is 14.4 Å². The second-order valence-electron chi connectivity index (χ2n) is 10.6. The highest BCUT2D eigenvalue weighted by Crippen LogP contribution is 2.28. The third kappa shape index (κ3) is 8.02. The average Bonchev–Trinajstić information content (AvgIpc) is 3.54. The summed E-state index contributed by atoms with van der Waals surface area (Å²) >= 11 is 1.40. The molecule has 0 aliphatic carbocycles. The first-order valence-electron chi connectivity index (χ1n) is 14.9. The maximum absolute atomic E-state index is 13.3. The molecule has 0 aliphatic rings. The highest BCUT2D eigenvalue weighted by atomic mass is 32.2. The van der Waals surface area contributed by atoms with Crippen LogP contribution in [0.1, 0.15) is 22.8 Å². The largest absolute Gasteiger partial charge is 0.436 e. The van der Waals surface area contributed by atoms with Crippen LogP contribution < -0.4 is 16.0 Å². The van der Waals surface area contributed by atoms with Crippen LogP contribution in [-0.2, 0) is 9.59 Å². The van der Waals surface area contributed by atoms with Crippen LogP contribution in [0.2, 0.25) is 0 Å². The van der Waals surface area contributed by atoms with Crippen LogP contribution in [0.3, 0.4) is 0 Å². The molecular formula is C38H30N4O4S. The predicted octanol–water partition coefficient (Wildman–Crippen LogP) is 8.02.